The fourth-order valence-corrected chi connectivity index (χ4v) is 2.92. The Bertz CT molecular complexity index is 303. The van der Waals surface area contributed by atoms with E-state index in [0.717, 1.165) is 0 Å². The largest absolute Gasteiger partial charge is 0.294 e. The highest BCUT2D eigenvalue weighted by atomic mass is 16.2. The van der Waals surface area contributed by atoms with Gasteiger partial charge in [-0.15, -0.1) is 0 Å². The van der Waals surface area contributed by atoms with E-state index in [-0.39, 0.29) is 22.6 Å². The maximum atomic E-state index is 11.3. The molecule has 0 unspecified atom stereocenters. The van der Waals surface area contributed by atoms with Gasteiger partial charge in [0.05, 0.1) is 13.1 Å². The van der Waals surface area contributed by atoms with Crippen LogP contribution in [0.4, 0.5) is 0 Å². The lowest BCUT2D eigenvalue weighted by atomic mass is 10.0. The Morgan fingerprint density at radius 1 is 1.07 bits per heavy atom. The molecule has 0 aromatic heterocycles. The summed E-state index contributed by atoms with van der Waals surface area (Å²) in [5, 5.41) is 2.33. The summed E-state index contributed by atoms with van der Waals surface area (Å²) in [6.45, 7) is 9.46. The number of carbonyl (C=O) groups is 2. The van der Waals surface area contributed by atoms with Gasteiger partial charge in [-0.05, 0) is 10.8 Å². The van der Waals surface area contributed by atoms with E-state index in [0.29, 0.717) is 19.1 Å². The first-order chi connectivity index (χ1) is 6.76. The Morgan fingerprint density at radius 2 is 1.47 bits per heavy atom. The lowest BCUT2D eigenvalue weighted by Crippen LogP contribution is -2.53. The Balaban J connectivity index is 2.14. The number of rotatable bonds is 1. The zero-order valence-electron chi connectivity index (χ0n) is 9.76. The van der Waals surface area contributed by atoms with Gasteiger partial charge in [0.2, 0.25) is 11.8 Å². The SMILES string of the molecule is CC1(C)C(N2CC(=O)NC(=O)C2)C1(C)C. The van der Waals surface area contributed by atoms with Crippen LogP contribution in [-0.4, -0.2) is 35.8 Å². The van der Waals surface area contributed by atoms with Crippen molar-refractivity contribution in [2.45, 2.75) is 33.7 Å². The molecule has 0 aromatic rings. The molecular weight excluding hydrogens is 192 g/mol. The third-order valence-electron chi connectivity index (χ3n) is 4.28. The van der Waals surface area contributed by atoms with E-state index in [1.54, 1.807) is 0 Å². The number of amides is 2. The molecule has 2 amide bonds. The zero-order valence-corrected chi connectivity index (χ0v) is 9.76. The molecule has 1 aliphatic heterocycles. The van der Waals surface area contributed by atoms with Crippen LogP contribution in [0.5, 0.6) is 0 Å². The summed E-state index contributed by atoms with van der Waals surface area (Å²) in [6, 6.07) is 0.333. The van der Waals surface area contributed by atoms with Crippen molar-refractivity contribution in [1.29, 1.82) is 0 Å². The van der Waals surface area contributed by atoms with Crippen molar-refractivity contribution >= 4 is 11.8 Å². The van der Waals surface area contributed by atoms with Crippen LogP contribution in [0.25, 0.3) is 0 Å². The summed E-state index contributed by atoms with van der Waals surface area (Å²) in [7, 11) is 0. The van der Waals surface area contributed by atoms with Crippen LogP contribution in [0.2, 0.25) is 0 Å². The van der Waals surface area contributed by atoms with Crippen LogP contribution in [0.15, 0.2) is 0 Å². The maximum Gasteiger partial charge on any atom is 0.240 e. The second kappa shape index (κ2) is 2.82. The molecule has 1 saturated carbocycles. The van der Waals surface area contributed by atoms with Gasteiger partial charge in [-0.2, -0.15) is 0 Å². The molecule has 0 radical (unpaired) electrons. The van der Waals surface area contributed by atoms with E-state index in [1.165, 1.54) is 0 Å². The third-order valence-corrected chi connectivity index (χ3v) is 4.28. The molecule has 1 N–H and O–H groups in total. The van der Waals surface area contributed by atoms with Gasteiger partial charge in [0.25, 0.3) is 0 Å². The van der Waals surface area contributed by atoms with Crippen LogP contribution in [0.1, 0.15) is 27.7 Å². The summed E-state index contributed by atoms with van der Waals surface area (Å²) in [4.78, 5) is 24.5. The molecule has 2 rings (SSSR count). The van der Waals surface area contributed by atoms with Gasteiger partial charge < -0.3 is 0 Å². The molecule has 4 nitrogen and oxygen atoms in total. The van der Waals surface area contributed by atoms with E-state index in [2.05, 4.69) is 33.0 Å². The van der Waals surface area contributed by atoms with Crippen LogP contribution >= 0.6 is 0 Å². The molecule has 4 heteroatoms. The number of hydrogen-bond donors (Lipinski definition) is 1. The summed E-state index contributed by atoms with van der Waals surface area (Å²) >= 11 is 0. The third kappa shape index (κ3) is 1.39. The average molecular weight is 210 g/mol. The zero-order chi connectivity index (χ0) is 11.4. The molecule has 84 valence electrons. The minimum atomic E-state index is -0.176. The Morgan fingerprint density at radius 3 is 1.80 bits per heavy atom. The number of hydrogen-bond acceptors (Lipinski definition) is 3. The molecule has 0 aromatic carbocycles. The number of nitrogens with zero attached hydrogens (tertiary/aromatic N) is 1. The first-order valence-corrected chi connectivity index (χ1v) is 5.33. The second-order valence-electron chi connectivity index (χ2n) is 5.72. The van der Waals surface area contributed by atoms with Crippen molar-refractivity contribution in [1.82, 2.24) is 10.2 Å². The van der Waals surface area contributed by atoms with Gasteiger partial charge in [-0.1, -0.05) is 27.7 Å². The van der Waals surface area contributed by atoms with Crippen molar-refractivity contribution in [3.05, 3.63) is 0 Å². The topological polar surface area (TPSA) is 49.4 Å². The smallest absolute Gasteiger partial charge is 0.240 e. The second-order valence-corrected chi connectivity index (χ2v) is 5.72. The fourth-order valence-electron chi connectivity index (χ4n) is 2.92. The van der Waals surface area contributed by atoms with E-state index in [4.69, 9.17) is 0 Å². The number of nitrogens with one attached hydrogen (secondary N) is 1. The van der Waals surface area contributed by atoms with Gasteiger partial charge in [0, 0.05) is 6.04 Å². The fraction of sp³-hybridized carbons (Fsp3) is 0.818. The van der Waals surface area contributed by atoms with E-state index < -0.39 is 0 Å². The Labute approximate surface area is 90.0 Å². The van der Waals surface area contributed by atoms with Gasteiger partial charge >= 0.3 is 0 Å². The molecule has 1 saturated heterocycles. The van der Waals surface area contributed by atoms with Gasteiger partial charge in [0.1, 0.15) is 0 Å². The van der Waals surface area contributed by atoms with E-state index in [1.807, 2.05) is 4.90 Å². The van der Waals surface area contributed by atoms with Crippen LogP contribution < -0.4 is 5.32 Å². The first-order valence-electron chi connectivity index (χ1n) is 5.33. The van der Waals surface area contributed by atoms with Crippen molar-refractivity contribution < 1.29 is 9.59 Å². The highest BCUT2D eigenvalue weighted by Crippen LogP contribution is 2.65. The van der Waals surface area contributed by atoms with Gasteiger partial charge in [-0.25, -0.2) is 0 Å². The molecule has 15 heavy (non-hydrogen) atoms. The Kier molecular flexibility index (Phi) is 1.99. The molecule has 0 spiro atoms. The highest BCUT2D eigenvalue weighted by molar-refractivity contribution is 5.99. The first kappa shape index (κ1) is 10.6. The highest BCUT2D eigenvalue weighted by Gasteiger charge is 2.67. The predicted molar refractivity (Wildman–Crippen MR) is 56.1 cm³/mol. The average Bonchev–Trinajstić information content (AvgIpc) is 2.39. The van der Waals surface area contributed by atoms with Crippen molar-refractivity contribution in [2.24, 2.45) is 10.8 Å². The summed E-state index contributed by atoms with van der Waals surface area (Å²) in [6.07, 6.45) is 0. The number of carbonyl (C=O) groups excluding carboxylic acids is 2. The van der Waals surface area contributed by atoms with Crippen molar-refractivity contribution in [3.63, 3.8) is 0 Å². The van der Waals surface area contributed by atoms with Crippen LogP contribution in [0, 0.1) is 10.8 Å². The van der Waals surface area contributed by atoms with Crippen LogP contribution in [0.3, 0.4) is 0 Å². The number of imide groups is 1. The van der Waals surface area contributed by atoms with Gasteiger partial charge in [-0.3, -0.25) is 19.8 Å². The summed E-state index contributed by atoms with van der Waals surface area (Å²) < 4.78 is 0. The van der Waals surface area contributed by atoms with Crippen molar-refractivity contribution in [2.75, 3.05) is 13.1 Å². The molecule has 2 aliphatic rings. The molecule has 2 fully saturated rings. The standard InChI is InChI=1S/C11H18N2O2/c1-10(2)9(11(10,3)4)13-5-7(14)12-8(15)6-13/h9H,5-6H2,1-4H3,(H,12,14,15). The minimum absolute atomic E-state index is 0.176. The number of piperazine rings is 1. The van der Waals surface area contributed by atoms with E-state index >= 15 is 0 Å². The monoisotopic (exact) mass is 210 g/mol. The lowest BCUT2D eigenvalue weighted by Gasteiger charge is -2.27. The quantitative estimate of drug-likeness (QED) is 0.636. The maximum absolute atomic E-state index is 11.3. The van der Waals surface area contributed by atoms with E-state index in [9.17, 15) is 9.59 Å². The molecular formula is C11H18N2O2. The lowest BCUT2D eigenvalue weighted by molar-refractivity contribution is -0.136. The summed E-state index contributed by atoms with van der Waals surface area (Å²) in [5.74, 6) is -0.352. The van der Waals surface area contributed by atoms with Crippen LogP contribution in [-0.2, 0) is 9.59 Å². The predicted octanol–water partition coefficient (Wildman–Crippen LogP) is 0.379. The normalized spacial score (nSPS) is 30.1. The molecule has 0 atom stereocenters. The molecule has 1 heterocycles. The summed E-state index contributed by atoms with van der Waals surface area (Å²) in [5.41, 5.74) is 0.371. The van der Waals surface area contributed by atoms with Gasteiger partial charge in [0.15, 0.2) is 0 Å². The molecule has 1 aliphatic carbocycles. The Hall–Kier alpha value is -0.900. The minimum Gasteiger partial charge on any atom is -0.294 e. The molecule has 0 bridgehead atoms. The van der Waals surface area contributed by atoms with Crippen molar-refractivity contribution in [3.8, 4) is 0 Å².